The highest BCUT2D eigenvalue weighted by atomic mass is 31.2. The van der Waals surface area contributed by atoms with E-state index in [1.165, 1.54) is 24.8 Å². The van der Waals surface area contributed by atoms with Gasteiger partial charge in [0.05, 0.1) is 38.0 Å². The molecule has 0 unspecified atom stereocenters. The smallest absolute Gasteiger partial charge is 0.271 e. The number of fused-ring (bicyclic) bond motifs is 8. The van der Waals surface area contributed by atoms with Gasteiger partial charge in [-0.05, 0) is 101 Å². The Morgan fingerprint density at radius 3 is 0.890 bits per heavy atom. The van der Waals surface area contributed by atoms with Crippen LogP contribution in [0.2, 0.25) is 0 Å². The normalized spacial score (nSPS) is 12.9. The fraction of sp³-hybridized carbons (Fsp3) is 0.310. The third-order valence-corrected chi connectivity index (χ3v) is 24.4. The molecule has 0 saturated heterocycles. The first-order valence-corrected chi connectivity index (χ1v) is 37.8. The van der Waals surface area contributed by atoms with Crippen molar-refractivity contribution in [2.75, 3.05) is 26.3 Å². The van der Waals surface area contributed by atoms with Crippen LogP contribution in [0.15, 0.2) is 195 Å². The number of nitrogens with one attached hydrogen (secondary N) is 2. The first-order valence-electron chi connectivity index (χ1n) is 34.4. The predicted molar refractivity (Wildman–Crippen MR) is 403 cm³/mol. The minimum Gasteiger partial charge on any atom is -0.507 e. The quantitative estimate of drug-likeness (QED) is 0.0468. The molecule has 8 bridgehead atoms. The number of phenolic OH excluding ortho intramolecular Hbond substituents is 2. The zero-order valence-electron chi connectivity index (χ0n) is 59.6. The Hall–Kier alpha value is -9.48. The van der Waals surface area contributed by atoms with Crippen molar-refractivity contribution < 1.29 is 38.4 Å². The lowest BCUT2D eigenvalue weighted by atomic mass is 9.79. The molecule has 4 N–H and O–H groups in total. The van der Waals surface area contributed by atoms with Crippen LogP contribution in [-0.4, -0.2) is 68.3 Å². The average molecular weight is 1380 g/mol. The van der Waals surface area contributed by atoms with Gasteiger partial charge in [-0.25, -0.2) is 9.97 Å². The lowest BCUT2D eigenvalue weighted by Crippen LogP contribution is -2.31. The Bertz CT molecular complexity index is 4250. The number of nitrogens with zero attached hydrogens (tertiary/aromatic N) is 4. The summed E-state index contributed by atoms with van der Waals surface area (Å²) < 4.78 is 44.5. The molecule has 0 atom stereocenters. The second kappa shape index (κ2) is 29.4. The highest BCUT2D eigenvalue weighted by Crippen LogP contribution is 2.46. The van der Waals surface area contributed by atoms with Crippen LogP contribution in [0.3, 0.4) is 0 Å². The molecule has 0 fully saturated rings. The highest BCUT2D eigenvalue weighted by Gasteiger charge is 2.35. The Kier molecular flexibility index (Phi) is 21.1. The maximum Gasteiger partial charge on any atom is 0.271 e. The van der Waals surface area contributed by atoms with Gasteiger partial charge < -0.3 is 39.5 Å². The van der Waals surface area contributed by atoms with Gasteiger partial charge in [0.15, 0.2) is 14.3 Å². The molecule has 0 spiro atoms. The van der Waals surface area contributed by atoms with Gasteiger partial charge in [0.2, 0.25) is 0 Å². The summed E-state index contributed by atoms with van der Waals surface area (Å²) >= 11 is 0. The van der Waals surface area contributed by atoms with Gasteiger partial charge in [0.1, 0.15) is 45.3 Å². The number of hydrogen-bond acceptors (Lipinski definition) is 12. The molecule has 14 nitrogen and oxygen atoms in total. The summed E-state index contributed by atoms with van der Waals surface area (Å²) in [5.41, 5.74) is 9.72. The maximum absolute atomic E-state index is 15.2. The average Bonchev–Trinajstić information content (AvgIpc) is 0.777. The molecular weight excluding hydrogens is 1280 g/mol. The number of phenols is 2. The van der Waals surface area contributed by atoms with Crippen molar-refractivity contribution in [2.45, 2.75) is 143 Å². The van der Waals surface area contributed by atoms with E-state index in [9.17, 15) is 19.8 Å². The molecule has 1 aliphatic rings. The number of rotatable bonds is 18. The van der Waals surface area contributed by atoms with Crippen LogP contribution in [0.5, 0.6) is 23.0 Å². The Morgan fingerprint density at radius 1 is 0.390 bits per heavy atom. The number of benzene rings is 8. The van der Waals surface area contributed by atoms with Crippen molar-refractivity contribution in [3.63, 3.8) is 0 Å². The number of hydrogen-bond donors (Lipinski definition) is 4. The van der Waals surface area contributed by atoms with E-state index in [0.29, 0.717) is 71.2 Å². The molecule has 10 aromatic rings. The molecule has 16 heteroatoms. The Balaban J connectivity index is 0.922. The summed E-state index contributed by atoms with van der Waals surface area (Å²) in [6.45, 7) is 27.0. The largest absolute Gasteiger partial charge is 0.507 e. The predicted octanol–water partition coefficient (Wildman–Crippen LogP) is 14.2. The molecule has 8 aromatic carbocycles. The van der Waals surface area contributed by atoms with Gasteiger partial charge in [0, 0.05) is 60.0 Å². The number of amides is 2. The maximum atomic E-state index is 15.2. The second-order valence-electron chi connectivity index (χ2n) is 30.2. The second-order valence-corrected chi connectivity index (χ2v) is 35.7. The summed E-state index contributed by atoms with van der Waals surface area (Å²) in [5, 5.41) is 34.4. The van der Waals surface area contributed by atoms with Crippen LogP contribution >= 0.6 is 14.3 Å². The van der Waals surface area contributed by atoms with E-state index in [1.54, 1.807) is 0 Å². The molecule has 1 aliphatic carbocycles. The van der Waals surface area contributed by atoms with Gasteiger partial charge in [-0.15, -0.1) is 0 Å². The fourth-order valence-electron chi connectivity index (χ4n) is 12.7. The van der Waals surface area contributed by atoms with Gasteiger partial charge in [-0.3, -0.25) is 19.6 Å². The third-order valence-electron chi connectivity index (χ3n) is 18.5. The van der Waals surface area contributed by atoms with E-state index in [2.05, 4.69) is 152 Å². The minimum absolute atomic E-state index is 0.0407. The molecule has 516 valence electrons. The zero-order valence-corrected chi connectivity index (χ0v) is 61.4. The van der Waals surface area contributed by atoms with Crippen LogP contribution < -0.4 is 52.2 Å². The molecule has 100 heavy (non-hydrogen) atoms. The minimum atomic E-state index is -3.51. The summed E-state index contributed by atoms with van der Waals surface area (Å²) in [6.07, 6.45) is 7.73. The van der Waals surface area contributed by atoms with E-state index in [4.69, 9.17) is 19.4 Å². The van der Waals surface area contributed by atoms with Crippen molar-refractivity contribution in [3.8, 4) is 23.0 Å². The van der Waals surface area contributed by atoms with Gasteiger partial charge in [0.25, 0.3) is 11.8 Å². The van der Waals surface area contributed by atoms with Gasteiger partial charge in [-0.2, -0.15) is 0 Å². The lowest BCUT2D eigenvalue weighted by Gasteiger charge is -2.28. The number of carbonyl (C=O) groups excluding carboxylic acids is 2. The highest BCUT2D eigenvalue weighted by molar-refractivity contribution is 7.85. The topological polar surface area (TPSA) is 203 Å². The SMILES string of the molecule is CC(C)(C)c1cc2c(O)c(c1)Cc1cc(C(C)(C)C)cc(c1OCCCNC(=O)c1cncc(P(=O)(c3ccccc3)c3ccccc3)n1)Cc1cc(C(C)(C)C)cc(c1O)Cc1cc(C(C)(C)C)cc(c1OCCCNC(=O)c1cncc(P(=O)(c3ccccc3)c3ccccc3)n1)C2. The van der Waals surface area contributed by atoms with E-state index in [1.807, 2.05) is 121 Å². The van der Waals surface area contributed by atoms with E-state index >= 15 is 9.13 Å². The van der Waals surface area contributed by atoms with E-state index in [-0.39, 0.29) is 81.7 Å². The first-order chi connectivity index (χ1) is 47.5. The fourth-order valence-corrected chi connectivity index (χ4v) is 17.7. The number of aromatic hydroxyl groups is 2. The van der Waals surface area contributed by atoms with E-state index < -0.39 is 26.1 Å². The molecule has 2 aromatic heterocycles. The van der Waals surface area contributed by atoms with Gasteiger partial charge >= 0.3 is 0 Å². The van der Waals surface area contributed by atoms with Crippen LogP contribution in [0, 0.1) is 0 Å². The van der Waals surface area contributed by atoms with Crippen LogP contribution in [0.25, 0.3) is 0 Å². The molecule has 0 aliphatic heterocycles. The van der Waals surface area contributed by atoms with Crippen molar-refractivity contribution in [1.29, 1.82) is 0 Å². The lowest BCUT2D eigenvalue weighted by molar-refractivity contribution is 0.0938. The molecule has 0 radical (unpaired) electrons. The number of aromatic nitrogens is 4. The zero-order chi connectivity index (χ0) is 71.4. The van der Waals surface area contributed by atoms with Crippen LogP contribution in [-0.2, 0) is 56.5 Å². The van der Waals surface area contributed by atoms with Crippen molar-refractivity contribution in [1.82, 2.24) is 30.6 Å². The molecule has 2 heterocycles. The summed E-state index contributed by atoms with van der Waals surface area (Å²) in [4.78, 5) is 46.2. The van der Waals surface area contributed by atoms with E-state index in [0.717, 1.165) is 66.8 Å². The molecule has 2 amide bonds. The number of carbonyl (C=O) groups is 2. The summed E-state index contributed by atoms with van der Waals surface area (Å²) in [7, 11) is -7.01. The summed E-state index contributed by atoms with van der Waals surface area (Å²) in [5.74, 6) is 0.676. The van der Waals surface area contributed by atoms with Crippen molar-refractivity contribution in [2.24, 2.45) is 0 Å². The summed E-state index contributed by atoms with van der Waals surface area (Å²) in [6, 6.07) is 53.8. The third kappa shape index (κ3) is 15.9. The Labute approximate surface area is 589 Å². The molecular formula is C84H92N6O8P2. The standard InChI is InChI=1S/C84H92N6O8P2/c1-81(2,3)63-43-55-39-59-47-65(83(7,8)9)49-61(77(59)97-37-25-35-87-79(93)71-51-85-53-73(89-71)99(95,67-27-17-13-18-28-67)68-29-19-14-20-30-68)41-57-45-64(82(4,5)6)46-58(76(57)92)42-62-50-66(84(10,11)12)48-60(40-56(44-63)75(55)91)78(62)98-38-26-36-88-80(94)72-52-86-54-74(90-72)100(96,69-31-21-15-22-32-69)70-33-23-16-24-34-70/h13-24,27-34,43-54,91-92H,25-26,35-42H2,1-12H3,(H,87,93)(H,88,94). The molecule has 11 rings (SSSR count). The monoisotopic (exact) mass is 1370 g/mol. The molecule has 0 saturated carbocycles. The first kappa shape index (κ1) is 71.8. The van der Waals surface area contributed by atoms with Crippen LogP contribution in [0.1, 0.15) is 184 Å². The van der Waals surface area contributed by atoms with Crippen molar-refractivity contribution in [3.05, 3.63) is 273 Å². The van der Waals surface area contributed by atoms with Gasteiger partial charge in [-0.1, -0.05) is 253 Å². The Morgan fingerprint density at radius 2 is 0.640 bits per heavy atom. The van der Waals surface area contributed by atoms with Crippen LogP contribution in [0.4, 0.5) is 0 Å². The van der Waals surface area contributed by atoms with Crippen molar-refractivity contribution >= 4 is 58.2 Å². The number of ether oxygens (including phenoxy) is 2.